The summed E-state index contributed by atoms with van der Waals surface area (Å²) in [5.74, 6) is 1.19. The van der Waals surface area contributed by atoms with E-state index in [0.717, 1.165) is 39.0 Å². The Morgan fingerprint density at radius 1 is 1.31 bits per heavy atom. The van der Waals surface area contributed by atoms with E-state index in [1.807, 2.05) is 0 Å². The molecule has 6 nitrogen and oxygen atoms in total. The van der Waals surface area contributed by atoms with Crippen LogP contribution in [-0.2, 0) is 22.8 Å². The summed E-state index contributed by atoms with van der Waals surface area (Å²) in [6.45, 7) is 4.03. The van der Waals surface area contributed by atoms with Gasteiger partial charge in [0.2, 0.25) is 0 Å². The molecule has 1 unspecified atom stereocenters. The molecule has 0 radical (unpaired) electrons. The molecule has 1 fully saturated rings. The van der Waals surface area contributed by atoms with Crippen molar-refractivity contribution in [2.24, 2.45) is 4.99 Å². The Morgan fingerprint density at radius 2 is 2.08 bits per heavy atom. The first-order valence-electron chi connectivity index (χ1n) is 9.02. The van der Waals surface area contributed by atoms with E-state index in [9.17, 15) is 8.42 Å². The van der Waals surface area contributed by atoms with Gasteiger partial charge in [0, 0.05) is 39.3 Å². The van der Waals surface area contributed by atoms with Gasteiger partial charge >= 0.3 is 0 Å². The van der Waals surface area contributed by atoms with Gasteiger partial charge in [0.1, 0.15) is 0 Å². The number of halogens is 1. The minimum absolute atomic E-state index is 0. The topological polar surface area (TPSA) is 73.8 Å². The van der Waals surface area contributed by atoms with E-state index < -0.39 is 9.84 Å². The number of aliphatic imine (C=N–C) groups is 1. The van der Waals surface area contributed by atoms with Crippen LogP contribution < -0.4 is 10.6 Å². The van der Waals surface area contributed by atoms with Gasteiger partial charge in [-0.15, -0.1) is 24.0 Å². The highest BCUT2D eigenvalue weighted by atomic mass is 127. The van der Waals surface area contributed by atoms with Crippen molar-refractivity contribution in [2.45, 2.75) is 31.8 Å². The molecule has 0 aromatic heterocycles. The summed E-state index contributed by atoms with van der Waals surface area (Å²) in [6, 6.07) is 8.67. The van der Waals surface area contributed by atoms with Crippen molar-refractivity contribution in [3.05, 3.63) is 35.4 Å². The van der Waals surface area contributed by atoms with Crippen LogP contribution in [0.15, 0.2) is 29.3 Å². The number of nitrogens with zero attached hydrogens (tertiary/aromatic N) is 2. The quantitative estimate of drug-likeness (QED) is 0.282. The third kappa shape index (κ3) is 6.09. The minimum atomic E-state index is -2.87. The van der Waals surface area contributed by atoms with E-state index in [2.05, 4.69) is 44.8 Å². The molecule has 1 saturated heterocycles. The fourth-order valence-corrected chi connectivity index (χ4v) is 5.22. The summed E-state index contributed by atoms with van der Waals surface area (Å²) in [5.41, 5.74) is 2.93. The molecule has 0 spiro atoms. The molecule has 0 bridgehead atoms. The normalized spacial score (nSPS) is 22.3. The molecule has 0 saturated carbocycles. The number of nitrogens with one attached hydrogen (secondary N) is 2. The van der Waals surface area contributed by atoms with Gasteiger partial charge in [-0.2, -0.15) is 0 Å². The number of sulfone groups is 1. The van der Waals surface area contributed by atoms with Gasteiger partial charge in [-0.1, -0.05) is 24.3 Å². The highest BCUT2D eigenvalue weighted by molar-refractivity contribution is 14.0. The fraction of sp³-hybridized carbons (Fsp3) is 0.611. The van der Waals surface area contributed by atoms with Crippen LogP contribution in [0, 0.1) is 0 Å². The molecule has 0 amide bonds. The number of hydrogen-bond donors (Lipinski definition) is 2. The van der Waals surface area contributed by atoms with Gasteiger partial charge in [0.25, 0.3) is 0 Å². The summed E-state index contributed by atoms with van der Waals surface area (Å²) in [5, 5.41) is 6.52. The monoisotopic (exact) mass is 492 g/mol. The second-order valence-electron chi connectivity index (χ2n) is 6.89. The summed E-state index contributed by atoms with van der Waals surface area (Å²) >= 11 is 0. The average molecular weight is 492 g/mol. The maximum absolute atomic E-state index is 11.5. The third-order valence-corrected chi connectivity index (χ3v) is 6.72. The maximum Gasteiger partial charge on any atom is 0.191 e. The fourth-order valence-electron chi connectivity index (χ4n) is 3.55. The first-order chi connectivity index (χ1) is 12.1. The van der Waals surface area contributed by atoms with Crippen LogP contribution in [0.5, 0.6) is 0 Å². The van der Waals surface area contributed by atoms with Crippen LogP contribution >= 0.6 is 24.0 Å². The lowest BCUT2D eigenvalue weighted by Crippen LogP contribution is -2.44. The largest absolute Gasteiger partial charge is 0.356 e. The molecule has 2 aliphatic heterocycles. The predicted molar refractivity (Wildman–Crippen MR) is 117 cm³/mol. The minimum Gasteiger partial charge on any atom is -0.356 e. The van der Waals surface area contributed by atoms with Crippen LogP contribution in [0.3, 0.4) is 0 Å². The van der Waals surface area contributed by atoms with Gasteiger partial charge in [-0.05, 0) is 30.4 Å². The first kappa shape index (κ1) is 21.4. The van der Waals surface area contributed by atoms with Gasteiger partial charge < -0.3 is 10.6 Å². The van der Waals surface area contributed by atoms with Crippen molar-refractivity contribution in [3.63, 3.8) is 0 Å². The molecule has 8 heteroatoms. The molecule has 2 heterocycles. The van der Waals surface area contributed by atoms with E-state index in [-0.39, 0.29) is 41.5 Å². The van der Waals surface area contributed by atoms with E-state index in [1.54, 1.807) is 7.05 Å². The molecule has 2 N–H and O–H groups in total. The Morgan fingerprint density at radius 3 is 2.77 bits per heavy atom. The summed E-state index contributed by atoms with van der Waals surface area (Å²) in [7, 11) is -1.14. The molecule has 0 aliphatic carbocycles. The lowest BCUT2D eigenvalue weighted by Gasteiger charge is -2.28. The highest BCUT2D eigenvalue weighted by Crippen LogP contribution is 2.18. The molecular formula is C18H29IN4O2S. The Balaban J connectivity index is 0.00000243. The number of rotatable bonds is 5. The first-order valence-corrected chi connectivity index (χ1v) is 10.8. The number of guanidine groups is 1. The number of hydrogen-bond acceptors (Lipinski definition) is 4. The second kappa shape index (κ2) is 9.89. The summed E-state index contributed by atoms with van der Waals surface area (Å²) < 4.78 is 23.1. The zero-order valence-corrected chi connectivity index (χ0v) is 18.4. The van der Waals surface area contributed by atoms with Gasteiger partial charge in [0.15, 0.2) is 15.8 Å². The smallest absolute Gasteiger partial charge is 0.191 e. The van der Waals surface area contributed by atoms with E-state index >= 15 is 0 Å². The van der Waals surface area contributed by atoms with Crippen LogP contribution in [-0.4, -0.2) is 63.5 Å². The van der Waals surface area contributed by atoms with E-state index in [1.165, 1.54) is 11.1 Å². The molecule has 26 heavy (non-hydrogen) atoms. The molecule has 1 atom stereocenters. The van der Waals surface area contributed by atoms with Crippen molar-refractivity contribution in [1.82, 2.24) is 15.5 Å². The van der Waals surface area contributed by atoms with Crippen LogP contribution in [0.4, 0.5) is 0 Å². The lowest BCUT2D eigenvalue weighted by atomic mass is 10.00. The molecule has 3 rings (SSSR count). The molecule has 146 valence electrons. The number of benzene rings is 1. The van der Waals surface area contributed by atoms with E-state index in [0.29, 0.717) is 12.4 Å². The van der Waals surface area contributed by atoms with Gasteiger partial charge in [-0.25, -0.2) is 8.42 Å². The highest BCUT2D eigenvalue weighted by Gasteiger charge is 2.28. The zero-order valence-electron chi connectivity index (χ0n) is 15.3. The Bertz CT molecular complexity index is 724. The predicted octanol–water partition coefficient (Wildman–Crippen LogP) is 1.40. The Kier molecular flexibility index (Phi) is 8.15. The van der Waals surface area contributed by atoms with Crippen molar-refractivity contribution < 1.29 is 8.42 Å². The van der Waals surface area contributed by atoms with Gasteiger partial charge in [0.05, 0.1) is 11.5 Å². The van der Waals surface area contributed by atoms with E-state index in [4.69, 9.17) is 0 Å². The Hall–Kier alpha value is -0.870. The van der Waals surface area contributed by atoms with Crippen molar-refractivity contribution in [1.29, 1.82) is 0 Å². The van der Waals surface area contributed by atoms with Crippen LogP contribution in [0.1, 0.15) is 24.0 Å². The molecular weight excluding hydrogens is 463 g/mol. The van der Waals surface area contributed by atoms with Crippen molar-refractivity contribution >= 4 is 39.8 Å². The Labute approximate surface area is 173 Å². The van der Waals surface area contributed by atoms with Crippen LogP contribution in [0.25, 0.3) is 0 Å². The third-order valence-electron chi connectivity index (χ3n) is 4.95. The standard InChI is InChI=1S/C18H28N4O2S.HI/c1-19-18(21-17-8-12-25(23,24)14-17)20-9-4-10-22-11-7-15-5-2-3-6-16(15)13-22;/h2-3,5-6,17H,4,7-14H2,1H3,(H2,19,20,21);1H. The summed E-state index contributed by atoms with van der Waals surface area (Å²) in [4.78, 5) is 6.69. The molecule has 1 aromatic rings. The molecule has 2 aliphatic rings. The SMILES string of the molecule is CN=C(NCCCN1CCc2ccccc2C1)NC1CCS(=O)(=O)C1.I. The molecule has 1 aromatic carbocycles. The summed E-state index contributed by atoms with van der Waals surface area (Å²) in [6.07, 6.45) is 2.82. The zero-order chi connectivity index (χ0) is 17.7. The second-order valence-corrected chi connectivity index (χ2v) is 9.12. The van der Waals surface area contributed by atoms with Crippen molar-refractivity contribution in [2.75, 3.05) is 38.2 Å². The van der Waals surface area contributed by atoms with Gasteiger partial charge in [-0.3, -0.25) is 9.89 Å². The average Bonchev–Trinajstić information content (AvgIpc) is 2.96. The van der Waals surface area contributed by atoms with Crippen molar-refractivity contribution in [3.8, 4) is 0 Å². The van der Waals surface area contributed by atoms with Crippen LogP contribution in [0.2, 0.25) is 0 Å². The number of fused-ring (bicyclic) bond motifs is 1. The lowest BCUT2D eigenvalue weighted by molar-refractivity contribution is 0.251. The maximum atomic E-state index is 11.5.